The molecule has 6 atom stereocenters. The summed E-state index contributed by atoms with van der Waals surface area (Å²) in [6, 6.07) is 3.15. The molecule has 2 heterocycles. The molecule has 1 saturated carbocycles. The molecular weight excluding hydrogens is 743 g/mol. The Morgan fingerprint density at radius 3 is 2.40 bits per heavy atom. The van der Waals surface area contributed by atoms with Crippen LogP contribution in [0.1, 0.15) is 116 Å². The van der Waals surface area contributed by atoms with Gasteiger partial charge in [0.1, 0.15) is 24.2 Å². The van der Waals surface area contributed by atoms with E-state index in [0.717, 1.165) is 79.5 Å². The topological polar surface area (TPSA) is 163 Å². The number of aliphatic hydroxyl groups excluding tert-OH is 2. The quantitative estimate of drug-likeness (QED) is 0.147. The number of Topliss-reactive ketones (excluding diaryl/α,β-unsaturated/α-hetero) is 1. The van der Waals surface area contributed by atoms with Crippen molar-refractivity contribution in [1.29, 1.82) is 0 Å². The Kier molecular flexibility index (Phi) is 19.6. The smallest absolute Gasteiger partial charge is 0.328 e. The number of rotatable bonds is 5. The number of nitrogens with one attached hydrogen (secondary N) is 3. The van der Waals surface area contributed by atoms with Crippen LogP contribution in [0.3, 0.4) is 0 Å². The van der Waals surface area contributed by atoms with E-state index in [9.17, 15) is 29.4 Å². The minimum Gasteiger partial charge on any atom is -0.460 e. The summed E-state index contributed by atoms with van der Waals surface area (Å²) in [6.45, 7) is 5.36. The average molecular weight is 808 g/mol. The number of esters is 1. The second-order valence-corrected chi connectivity index (χ2v) is 16.7. The van der Waals surface area contributed by atoms with E-state index in [1.54, 1.807) is 14.0 Å². The molecular formula is C45H65N3O8S. The lowest BCUT2D eigenvalue weighted by Gasteiger charge is -2.29. The molecule has 2 bridgehead atoms. The fourth-order valence-corrected chi connectivity index (χ4v) is 8.41. The molecule has 2 aliphatic heterocycles. The highest BCUT2D eigenvalue weighted by Gasteiger charge is 2.31. The van der Waals surface area contributed by atoms with Gasteiger partial charge in [-0.1, -0.05) is 81.6 Å². The Morgan fingerprint density at radius 2 is 1.63 bits per heavy atom. The van der Waals surface area contributed by atoms with Gasteiger partial charge in [0.2, 0.25) is 11.8 Å². The first-order valence-corrected chi connectivity index (χ1v) is 21.9. The first-order chi connectivity index (χ1) is 27.4. The number of carbonyl (C=O) groups is 4. The van der Waals surface area contributed by atoms with E-state index in [4.69, 9.17) is 9.47 Å². The van der Waals surface area contributed by atoms with Gasteiger partial charge in [-0.15, -0.1) is 11.8 Å². The van der Waals surface area contributed by atoms with Crippen molar-refractivity contribution in [3.05, 3.63) is 65.8 Å². The fraction of sp³-hybridized carbons (Fsp3) is 0.600. The highest BCUT2D eigenvalue weighted by molar-refractivity contribution is 8.00. The van der Waals surface area contributed by atoms with E-state index in [0.29, 0.717) is 50.0 Å². The minimum absolute atomic E-state index is 0.0732. The Balaban J connectivity index is 1.52. The number of allylic oxidation sites excluding steroid dienone is 5. The van der Waals surface area contributed by atoms with Crippen molar-refractivity contribution in [2.75, 3.05) is 23.5 Å². The molecule has 57 heavy (non-hydrogen) atoms. The van der Waals surface area contributed by atoms with Crippen LogP contribution in [0.15, 0.2) is 65.1 Å². The van der Waals surface area contributed by atoms with Crippen LogP contribution < -0.4 is 16.0 Å². The SMILES string of the molecule is COC1/C=C/C=C/C=C/CC(OC(=O)C(C)NC(=O)C2CCCCC2)C(C)C(O)/C(C)=C\CCc2cc3c(c(c2)NC(O)CCCCCCC(=O)C1)SCC(=O)N3. The van der Waals surface area contributed by atoms with Gasteiger partial charge in [0.25, 0.3) is 0 Å². The second kappa shape index (κ2) is 24.3. The molecule has 1 aromatic carbocycles. The van der Waals surface area contributed by atoms with Gasteiger partial charge in [-0.25, -0.2) is 4.79 Å². The van der Waals surface area contributed by atoms with Crippen molar-refractivity contribution in [2.45, 2.75) is 153 Å². The van der Waals surface area contributed by atoms with Crippen molar-refractivity contribution in [3.63, 3.8) is 0 Å². The van der Waals surface area contributed by atoms with Crippen molar-refractivity contribution in [2.24, 2.45) is 11.8 Å². The number of amides is 2. The summed E-state index contributed by atoms with van der Waals surface area (Å²) in [5, 5.41) is 31.6. The third kappa shape index (κ3) is 15.5. The molecule has 2 amide bonds. The summed E-state index contributed by atoms with van der Waals surface area (Å²) in [5.74, 6) is -0.855. The maximum absolute atomic E-state index is 13.4. The van der Waals surface area contributed by atoms with E-state index in [-0.39, 0.29) is 29.6 Å². The average Bonchev–Trinajstić information content (AvgIpc) is 3.19. The number of anilines is 2. The first kappa shape index (κ1) is 46.0. The summed E-state index contributed by atoms with van der Waals surface area (Å²) in [4.78, 5) is 52.1. The van der Waals surface area contributed by atoms with E-state index in [2.05, 4.69) is 16.0 Å². The van der Waals surface area contributed by atoms with Crippen molar-refractivity contribution < 1.29 is 38.9 Å². The highest BCUT2D eigenvalue weighted by Crippen LogP contribution is 2.39. The molecule has 1 fully saturated rings. The van der Waals surface area contributed by atoms with E-state index >= 15 is 0 Å². The summed E-state index contributed by atoms with van der Waals surface area (Å²) in [6.07, 6.45) is 21.5. The summed E-state index contributed by atoms with van der Waals surface area (Å²) < 4.78 is 11.5. The van der Waals surface area contributed by atoms with Gasteiger partial charge < -0.3 is 35.6 Å². The standard InChI is InChI=1S/C45H65N3O8S/c1-30-18-17-19-33-26-37(43-38(27-33)48-41(51)29-57-43)47-40(50)25-16-9-8-13-22-35(49)28-36(55-4)23-14-6-5-7-15-24-39(31(2)42(30)52)56-45(54)32(3)46-44(53)34-20-11-10-12-21-34/h5-7,14-15,18,23,26-27,31-32,34,36,39-40,42,47,50,52H,8-13,16-17,19-22,24-25,28-29H2,1-4H3,(H,46,53)(H,48,51)/b6-5+,15-7+,23-14+,30-18-. The molecule has 11 nitrogen and oxygen atoms in total. The number of aryl methyl sites for hydroxylation is 1. The van der Waals surface area contributed by atoms with Crippen molar-refractivity contribution >= 4 is 46.7 Å². The van der Waals surface area contributed by atoms with Crippen LogP contribution in [0.2, 0.25) is 0 Å². The lowest BCUT2D eigenvalue weighted by molar-refractivity contribution is -0.156. The van der Waals surface area contributed by atoms with Crippen LogP contribution in [0.5, 0.6) is 0 Å². The molecule has 1 aromatic rings. The van der Waals surface area contributed by atoms with E-state index in [1.165, 1.54) is 11.8 Å². The molecule has 3 aliphatic rings. The van der Waals surface area contributed by atoms with Crippen LogP contribution in [-0.2, 0) is 35.1 Å². The van der Waals surface area contributed by atoms with Gasteiger partial charge in [-0.05, 0) is 82.1 Å². The number of carbonyl (C=O) groups excluding carboxylic acids is 4. The third-order valence-electron chi connectivity index (χ3n) is 11.1. The lowest BCUT2D eigenvalue weighted by atomic mass is 9.88. The zero-order valence-electron chi connectivity index (χ0n) is 34.3. The molecule has 314 valence electrons. The molecule has 6 unspecified atom stereocenters. The zero-order chi connectivity index (χ0) is 41.2. The number of thioether (sulfide) groups is 1. The monoisotopic (exact) mass is 807 g/mol. The van der Waals surface area contributed by atoms with E-state index in [1.807, 2.05) is 68.5 Å². The molecule has 4 rings (SSSR count). The molecule has 0 saturated heterocycles. The van der Waals surface area contributed by atoms with Crippen LogP contribution in [0.4, 0.5) is 11.4 Å². The number of ether oxygens (including phenoxy) is 2. The first-order valence-electron chi connectivity index (χ1n) is 20.9. The van der Waals surface area contributed by atoms with Crippen LogP contribution in [-0.4, -0.2) is 77.2 Å². The van der Waals surface area contributed by atoms with Gasteiger partial charge in [0.15, 0.2) is 0 Å². The van der Waals surface area contributed by atoms with Crippen molar-refractivity contribution in [3.8, 4) is 0 Å². The normalized spacial score (nSPS) is 28.7. The number of hydrogen-bond acceptors (Lipinski definition) is 10. The third-order valence-corrected chi connectivity index (χ3v) is 12.2. The lowest BCUT2D eigenvalue weighted by Crippen LogP contribution is -2.45. The largest absolute Gasteiger partial charge is 0.460 e. The van der Waals surface area contributed by atoms with Gasteiger partial charge in [-0.2, -0.15) is 0 Å². The van der Waals surface area contributed by atoms with Crippen LogP contribution in [0, 0.1) is 11.8 Å². The molecule has 0 aromatic heterocycles. The second-order valence-electron chi connectivity index (χ2n) is 15.8. The van der Waals surface area contributed by atoms with Crippen LogP contribution >= 0.6 is 11.8 Å². The Bertz CT molecular complexity index is 1620. The summed E-state index contributed by atoms with van der Waals surface area (Å²) in [7, 11) is 1.59. The predicted octanol–water partition coefficient (Wildman–Crippen LogP) is 7.72. The zero-order valence-corrected chi connectivity index (χ0v) is 35.1. The van der Waals surface area contributed by atoms with E-state index < -0.39 is 36.4 Å². The number of fused-ring (bicyclic) bond motifs is 4. The maximum atomic E-state index is 13.4. The number of aliphatic hydroxyl groups is 2. The Hall–Kier alpha value is -3.71. The summed E-state index contributed by atoms with van der Waals surface area (Å²) in [5.41, 5.74) is 3.19. The number of hydrogen-bond donors (Lipinski definition) is 5. The highest BCUT2D eigenvalue weighted by atomic mass is 32.2. The predicted molar refractivity (Wildman–Crippen MR) is 227 cm³/mol. The minimum atomic E-state index is -0.908. The van der Waals surface area contributed by atoms with Gasteiger partial charge in [-0.3, -0.25) is 14.4 Å². The molecule has 5 N–H and O–H groups in total. The van der Waals surface area contributed by atoms with Crippen molar-refractivity contribution in [1.82, 2.24) is 5.32 Å². The van der Waals surface area contributed by atoms with Crippen LogP contribution in [0.25, 0.3) is 0 Å². The number of methoxy groups -OCH3 is 1. The number of ketones is 1. The van der Waals surface area contributed by atoms with Gasteiger partial charge >= 0.3 is 5.97 Å². The maximum Gasteiger partial charge on any atom is 0.328 e. The molecule has 12 heteroatoms. The molecule has 0 radical (unpaired) electrons. The fourth-order valence-electron chi connectivity index (χ4n) is 7.52. The Labute approximate surface area is 343 Å². The van der Waals surface area contributed by atoms with Gasteiger partial charge in [0, 0.05) is 38.2 Å². The summed E-state index contributed by atoms with van der Waals surface area (Å²) >= 11 is 1.44. The number of benzene rings is 1. The Morgan fingerprint density at radius 1 is 0.930 bits per heavy atom. The molecule has 0 spiro atoms. The van der Waals surface area contributed by atoms with Gasteiger partial charge in [0.05, 0.1) is 34.2 Å². The molecule has 1 aliphatic carbocycles.